The molecule has 0 aliphatic heterocycles. The number of hydrogen-bond donors (Lipinski definition) is 0. The third kappa shape index (κ3) is 4.11. The fourth-order valence-corrected chi connectivity index (χ4v) is 2.52. The Morgan fingerprint density at radius 3 is 2.67 bits per heavy atom. The molecule has 0 spiro atoms. The standard InChI is InChI=1S/C16H15BrClFO2/c1-2-20-15-5-3-4-11(9-17)16(15)21-10-12-8-13(19)6-7-14(12)18/h3-8H,2,9-10H2,1H3. The smallest absolute Gasteiger partial charge is 0.165 e. The van der Waals surface area contributed by atoms with Gasteiger partial charge in [0.2, 0.25) is 0 Å². The maximum absolute atomic E-state index is 13.3. The summed E-state index contributed by atoms with van der Waals surface area (Å²) in [4.78, 5) is 0. The van der Waals surface area contributed by atoms with Crippen molar-refractivity contribution >= 4 is 27.5 Å². The van der Waals surface area contributed by atoms with Gasteiger partial charge in [0.25, 0.3) is 0 Å². The Bertz CT molecular complexity index is 619. The molecule has 2 aromatic rings. The van der Waals surface area contributed by atoms with E-state index in [0.717, 1.165) is 5.56 Å². The quantitative estimate of drug-likeness (QED) is 0.635. The van der Waals surface area contributed by atoms with Crippen LogP contribution in [-0.2, 0) is 11.9 Å². The summed E-state index contributed by atoms with van der Waals surface area (Å²) in [5.74, 6) is 0.982. The zero-order valence-corrected chi connectivity index (χ0v) is 13.9. The summed E-state index contributed by atoms with van der Waals surface area (Å²) >= 11 is 9.47. The van der Waals surface area contributed by atoms with E-state index in [-0.39, 0.29) is 12.4 Å². The van der Waals surface area contributed by atoms with Crippen LogP contribution in [0.25, 0.3) is 0 Å². The average molecular weight is 374 g/mol. The summed E-state index contributed by atoms with van der Waals surface area (Å²) in [5.41, 5.74) is 1.57. The first-order valence-electron chi connectivity index (χ1n) is 6.53. The number of para-hydroxylation sites is 1. The van der Waals surface area contributed by atoms with Crippen LogP contribution < -0.4 is 9.47 Å². The van der Waals surface area contributed by atoms with Crippen molar-refractivity contribution in [3.63, 3.8) is 0 Å². The van der Waals surface area contributed by atoms with Gasteiger partial charge in [-0.2, -0.15) is 0 Å². The summed E-state index contributed by atoms with van der Waals surface area (Å²) < 4.78 is 24.7. The van der Waals surface area contributed by atoms with Gasteiger partial charge in [-0.1, -0.05) is 39.7 Å². The average Bonchev–Trinajstić information content (AvgIpc) is 2.49. The van der Waals surface area contributed by atoms with Gasteiger partial charge in [-0.3, -0.25) is 0 Å². The van der Waals surface area contributed by atoms with Crippen molar-refractivity contribution < 1.29 is 13.9 Å². The summed E-state index contributed by atoms with van der Waals surface area (Å²) in [7, 11) is 0. The number of halogens is 3. The lowest BCUT2D eigenvalue weighted by atomic mass is 10.2. The number of hydrogen-bond acceptors (Lipinski definition) is 2. The molecule has 0 aliphatic rings. The second-order valence-electron chi connectivity index (χ2n) is 4.34. The van der Waals surface area contributed by atoms with Gasteiger partial charge in [0, 0.05) is 21.5 Å². The number of alkyl halides is 1. The Morgan fingerprint density at radius 1 is 1.14 bits per heavy atom. The summed E-state index contributed by atoms with van der Waals surface area (Å²) in [5, 5.41) is 1.12. The summed E-state index contributed by atoms with van der Waals surface area (Å²) in [6.07, 6.45) is 0. The molecule has 0 radical (unpaired) electrons. The Labute approximate surface area is 137 Å². The molecule has 2 rings (SSSR count). The molecule has 2 aromatic carbocycles. The first-order valence-corrected chi connectivity index (χ1v) is 8.03. The number of ether oxygens (including phenoxy) is 2. The Morgan fingerprint density at radius 2 is 1.95 bits per heavy atom. The van der Waals surface area contributed by atoms with E-state index in [1.807, 2.05) is 25.1 Å². The highest BCUT2D eigenvalue weighted by Gasteiger charge is 2.12. The van der Waals surface area contributed by atoms with Gasteiger partial charge in [0.15, 0.2) is 11.5 Å². The zero-order valence-electron chi connectivity index (χ0n) is 11.5. The number of benzene rings is 2. The third-order valence-electron chi connectivity index (χ3n) is 2.88. The second kappa shape index (κ2) is 7.66. The monoisotopic (exact) mass is 372 g/mol. The van der Waals surface area contributed by atoms with Gasteiger partial charge in [-0.15, -0.1) is 0 Å². The lowest BCUT2D eigenvalue weighted by Gasteiger charge is -2.15. The molecule has 0 saturated carbocycles. The van der Waals surface area contributed by atoms with Crippen molar-refractivity contribution in [2.45, 2.75) is 18.9 Å². The van der Waals surface area contributed by atoms with E-state index < -0.39 is 0 Å². The highest BCUT2D eigenvalue weighted by molar-refractivity contribution is 9.08. The molecule has 112 valence electrons. The van der Waals surface area contributed by atoms with Gasteiger partial charge < -0.3 is 9.47 Å². The van der Waals surface area contributed by atoms with Crippen LogP contribution in [0.3, 0.4) is 0 Å². The van der Waals surface area contributed by atoms with Gasteiger partial charge >= 0.3 is 0 Å². The maximum Gasteiger partial charge on any atom is 0.165 e. The molecule has 0 fully saturated rings. The fraction of sp³-hybridized carbons (Fsp3) is 0.250. The molecule has 0 amide bonds. The molecule has 0 atom stereocenters. The summed E-state index contributed by atoms with van der Waals surface area (Å²) in [6.45, 7) is 2.64. The van der Waals surface area contributed by atoms with Crippen LogP contribution in [0.4, 0.5) is 4.39 Å². The molecule has 2 nitrogen and oxygen atoms in total. The van der Waals surface area contributed by atoms with Crippen molar-refractivity contribution in [1.82, 2.24) is 0 Å². The van der Waals surface area contributed by atoms with Crippen molar-refractivity contribution in [2.24, 2.45) is 0 Å². The molecule has 0 saturated heterocycles. The predicted octanol–water partition coefficient (Wildman–Crippen LogP) is 5.35. The Balaban J connectivity index is 2.24. The molecule has 0 aromatic heterocycles. The zero-order chi connectivity index (χ0) is 15.2. The lowest BCUT2D eigenvalue weighted by Crippen LogP contribution is -2.02. The largest absolute Gasteiger partial charge is 0.490 e. The van der Waals surface area contributed by atoms with Crippen LogP contribution in [0.5, 0.6) is 11.5 Å². The molecular formula is C16H15BrClFO2. The van der Waals surface area contributed by atoms with E-state index >= 15 is 0 Å². The molecule has 21 heavy (non-hydrogen) atoms. The maximum atomic E-state index is 13.3. The van der Waals surface area contributed by atoms with Crippen molar-refractivity contribution in [3.8, 4) is 11.5 Å². The molecule has 0 aliphatic carbocycles. The van der Waals surface area contributed by atoms with Crippen LogP contribution in [0, 0.1) is 5.82 Å². The minimum absolute atomic E-state index is 0.181. The molecule has 0 N–H and O–H groups in total. The predicted molar refractivity (Wildman–Crippen MR) is 86.0 cm³/mol. The minimum Gasteiger partial charge on any atom is -0.490 e. The third-order valence-corrected chi connectivity index (χ3v) is 3.86. The van der Waals surface area contributed by atoms with Crippen LogP contribution in [0.15, 0.2) is 36.4 Å². The lowest BCUT2D eigenvalue weighted by molar-refractivity contribution is 0.267. The first-order chi connectivity index (χ1) is 10.2. The van der Waals surface area contributed by atoms with E-state index in [9.17, 15) is 4.39 Å². The highest BCUT2D eigenvalue weighted by Crippen LogP contribution is 2.34. The van der Waals surface area contributed by atoms with Crippen LogP contribution in [-0.4, -0.2) is 6.61 Å². The van der Waals surface area contributed by atoms with E-state index in [4.69, 9.17) is 21.1 Å². The van der Waals surface area contributed by atoms with Crippen molar-refractivity contribution in [1.29, 1.82) is 0 Å². The molecular weight excluding hydrogens is 359 g/mol. The van der Waals surface area contributed by atoms with Gasteiger partial charge in [-0.05, 0) is 31.2 Å². The van der Waals surface area contributed by atoms with Gasteiger partial charge in [0.05, 0.1) is 6.61 Å². The van der Waals surface area contributed by atoms with Gasteiger partial charge in [0.1, 0.15) is 12.4 Å². The molecule has 5 heteroatoms. The number of rotatable bonds is 6. The Hall–Kier alpha value is -1.26. The van der Waals surface area contributed by atoms with Gasteiger partial charge in [-0.25, -0.2) is 4.39 Å². The van der Waals surface area contributed by atoms with Crippen molar-refractivity contribution in [2.75, 3.05) is 6.61 Å². The minimum atomic E-state index is -0.336. The fourth-order valence-electron chi connectivity index (χ4n) is 1.90. The summed E-state index contributed by atoms with van der Waals surface area (Å²) in [6, 6.07) is 9.92. The molecule has 0 bridgehead atoms. The SMILES string of the molecule is CCOc1cccc(CBr)c1OCc1cc(F)ccc1Cl. The highest BCUT2D eigenvalue weighted by atomic mass is 79.9. The normalized spacial score (nSPS) is 10.5. The van der Waals surface area contributed by atoms with E-state index in [1.54, 1.807) is 0 Å². The van der Waals surface area contributed by atoms with E-state index in [0.29, 0.717) is 34.0 Å². The topological polar surface area (TPSA) is 18.5 Å². The molecule has 0 heterocycles. The first kappa shape index (κ1) is 16.1. The Kier molecular flexibility index (Phi) is 5.88. The van der Waals surface area contributed by atoms with Crippen LogP contribution in [0.1, 0.15) is 18.1 Å². The second-order valence-corrected chi connectivity index (χ2v) is 5.30. The van der Waals surface area contributed by atoms with Crippen molar-refractivity contribution in [3.05, 3.63) is 58.4 Å². The van der Waals surface area contributed by atoms with E-state index in [2.05, 4.69) is 15.9 Å². The molecule has 0 unspecified atom stereocenters. The van der Waals surface area contributed by atoms with E-state index in [1.165, 1.54) is 18.2 Å². The van der Waals surface area contributed by atoms with Crippen LogP contribution in [0.2, 0.25) is 5.02 Å². The van der Waals surface area contributed by atoms with Crippen LogP contribution >= 0.6 is 27.5 Å².